The lowest BCUT2D eigenvalue weighted by molar-refractivity contribution is -0.139. The molecule has 5 nitrogen and oxygen atoms in total. The van der Waals surface area contributed by atoms with Gasteiger partial charge in [-0.2, -0.15) is 0 Å². The van der Waals surface area contributed by atoms with Gasteiger partial charge in [-0.1, -0.05) is 60.7 Å². The summed E-state index contributed by atoms with van der Waals surface area (Å²) in [5.74, 6) is -1.96. The first-order valence-corrected chi connectivity index (χ1v) is 8.96. The molecule has 2 unspecified atom stereocenters. The zero-order valence-electron chi connectivity index (χ0n) is 15.2. The highest BCUT2D eigenvalue weighted by molar-refractivity contribution is 5.96. The van der Waals surface area contributed by atoms with Crippen LogP contribution in [0.4, 0.5) is 0 Å². The molecule has 1 amide bonds. The number of rotatable bonds is 7. The molecule has 0 spiro atoms. The van der Waals surface area contributed by atoms with Crippen molar-refractivity contribution in [3.8, 4) is 5.75 Å². The number of hydrogen-bond acceptors (Lipinski definition) is 3. The standard InChI is InChI=1S/C23H21NO4/c25-19-13-11-17(12-14-19)20(15-16-7-3-1-4-8-16)21(23(27)28)24-22(26)18-9-5-2-6-10-18/h1-14,20-21,25H,15H2,(H,24,26)(H,27,28). The van der Waals surface area contributed by atoms with Crippen LogP contribution >= 0.6 is 0 Å². The van der Waals surface area contributed by atoms with Crippen molar-refractivity contribution in [2.24, 2.45) is 0 Å². The quantitative estimate of drug-likeness (QED) is 0.589. The Labute approximate surface area is 163 Å². The minimum atomic E-state index is -1.13. The first-order valence-electron chi connectivity index (χ1n) is 8.96. The van der Waals surface area contributed by atoms with Crippen LogP contribution in [0.5, 0.6) is 5.75 Å². The third kappa shape index (κ3) is 4.76. The lowest BCUT2D eigenvalue weighted by Gasteiger charge is -2.26. The summed E-state index contributed by atoms with van der Waals surface area (Å²) in [5.41, 5.74) is 2.08. The van der Waals surface area contributed by atoms with Crippen LogP contribution in [0, 0.1) is 0 Å². The van der Waals surface area contributed by atoms with E-state index < -0.39 is 23.8 Å². The Morgan fingerprint density at radius 1 is 0.821 bits per heavy atom. The van der Waals surface area contributed by atoms with Crippen molar-refractivity contribution in [2.75, 3.05) is 0 Å². The maximum Gasteiger partial charge on any atom is 0.326 e. The van der Waals surface area contributed by atoms with Gasteiger partial charge in [-0.3, -0.25) is 4.79 Å². The molecule has 0 radical (unpaired) electrons. The lowest BCUT2D eigenvalue weighted by atomic mass is 9.85. The van der Waals surface area contributed by atoms with Crippen LogP contribution < -0.4 is 5.32 Å². The highest BCUT2D eigenvalue weighted by Gasteiger charge is 2.31. The van der Waals surface area contributed by atoms with Gasteiger partial charge < -0.3 is 15.5 Å². The van der Waals surface area contributed by atoms with Gasteiger partial charge in [-0.05, 0) is 41.8 Å². The van der Waals surface area contributed by atoms with E-state index in [1.807, 2.05) is 30.3 Å². The average molecular weight is 375 g/mol. The predicted octanol–water partition coefficient (Wildman–Crippen LogP) is 3.60. The van der Waals surface area contributed by atoms with Crippen molar-refractivity contribution in [3.63, 3.8) is 0 Å². The molecule has 0 fully saturated rings. The molecule has 3 aromatic carbocycles. The summed E-state index contributed by atoms with van der Waals surface area (Å²) < 4.78 is 0. The normalized spacial score (nSPS) is 12.7. The number of carbonyl (C=O) groups is 2. The van der Waals surface area contributed by atoms with E-state index in [2.05, 4.69) is 5.32 Å². The number of carbonyl (C=O) groups excluding carboxylic acids is 1. The summed E-state index contributed by atoms with van der Waals surface area (Å²) in [7, 11) is 0. The second-order valence-corrected chi connectivity index (χ2v) is 6.54. The minimum Gasteiger partial charge on any atom is -0.508 e. The summed E-state index contributed by atoms with van der Waals surface area (Å²) in [6.45, 7) is 0. The fraction of sp³-hybridized carbons (Fsp3) is 0.130. The van der Waals surface area contributed by atoms with E-state index in [4.69, 9.17) is 0 Å². The first kappa shape index (κ1) is 19.2. The van der Waals surface area contributed by atoms with Crippen molar-refractivity contribution in [2.45, 2.75) is 18.4 Å². The van der Waals surface area contributed by atoms with Crippen LogP contribution in [-0.4, -0.2) is 28.1 Å². The molecule has 2 atom stereocenters. The number of nitrogens with one attached hydrogen (secondary N) is 1. The zero-order chi connectivity index (χ0) is 19.9. The van der Waals surface area contributed by atoms with Crippen molar-refractivity contribution in [1.29, 1.82) is 0 Å². The van der Waals surface area contributed by atoms with Crippen molar-refractivity contribution < 1.29 is 19.8 Å². The van der Waals surface area contributed by atoms with E-state index in [1.165, 1.54) is 12.1 Å². The minimum absolute atomic E-state index is 0.0995. The number of amides is 1. The van der Waals surface area contributed by atoms with E-state index in [0.717, 1.165) is 11.1 Å². The molecule has 3 N–H and O–H groups in total. The van der Waals surface area contributed by atoms with Crippen molar-refractivity contribution >= 4 is 11.9 Å². The van der Waals surface area contributed by atoms with Gasteiger partial charge in [0, 0.05) is 11.5 Å². The van der Waals surface area contributed by atoms with Crippen molar-refractivity contribution in [1.82, 2.24) is 5.32 Å². The number of phenols is 1. The molecule has 0 bridgehead atoms. The predicted molar refractivity (Wildman–Crippen MR) is 106 cm³/mol. The largest absolute Gasteiger partial charge is 0.508 e. The summed E-state index contributed by atoms with van der Waals surface area (Å²) in [6, 6.07) is 23.3. The molecule has 28 heavy (non-hydrogen) atoms. The summed E-state index contributed by atoms with van der Waals surface area (Å²) >= 11 is 0. The second-order valence-electron chi connectivity index (χ2n) is 6.54. The number of hydrogen-bond donors (Lipinski definition) is 3. The van der Waals surface area contributed by atoms with Crippen molar-refractivity contribution in [3.05, 3.63) is 102 Å². The molecule has 0 aliphatic heterocycles. The second kappa shape index (κ2) is 8.86. The maximum atomic E-state index is 12.6. The van der Waals surface area contributed by atoms with Gasteiger partial charge in [0.2, 0.25) is 0 Å². The molecule has 3 rings (SSSR count). The molecule has 0 saturated heterocycles. The number of benzene rings is 3. The van der Waals surface area contributed by atoms with E-state index in [0.29, 0.717) is 12.0 Å². The number of carboxylic acid groups (broad SMARTS) is 1. The van der Waals surface area contributed by atoms with E-state index in [9.17, 15) is 19.8 Å². The van der Waals surface area contributed by atoms with Crippen LogP contribution in [0.2, 0.25) is 0 Å². The fourth-order valence-corrected chi connectivity index (χ4v) is 3.17. The van der Waals surface area contributed by atoms with Crippen LogP contribution in [-0.2, 0) is 11.2 Å². The molecule has 0 aliphatic carbocycles. The van der Waals surface area contributed by atoms with E-state index in [1.54, 1.807) is 42.5 Å². The summed E-state index contributed by atoms with van der Waals surface area (Å²) in [5, 5.41) is 22.1. The molecular weight excluding hydrogens is 354 g/mol. The molecule has 142 valence electrons. The van der Waals surface area contributed by atoms with Gasteiger partial charge in [0.1, 0.15) is 11.8 Å². The third-order valence-electron chi connectivity index (χ3n) is 4.61. The molecule has 0 aliphatic rings. The highest BCUT2D eigenvalue weighted by Crippen LogP contribution is 2.27. The highest BCUT2D eigenvalue weighted by atomic mass is 16.4. The summed E-state index contributed by atoms with van der Waals surface area (Å²) in [4.78, 5) is 24.7. The van der Waals surface area contributed by atoms with E-state index in [-0.39, 0.29) is 5.75 Å². The molecule has 0 heterocycles. The van der Waals surface area contributed by atoms with Crippen LogP contribution in [0.25, 0.3) is 0 Å². The smallest absolute Gasteiger partial charge is 0.326 e. The van der Waals surface area contributed by atoms with Gasteiger partial charge in [-0.15, -0.1) is 0 Å². The van der Waals surface area contributed by atoms with Crippen LogP contribution in [0.15, 0.2) is 84.9 Å². The number of phenolic OH excluding ortho intramolecular Hbond substituents is 1. The molecule has 0 aromatic heterocycles. The third-order valence-corrected chi connectivity index (χ3v) is 4.61. The van der Waals surface area contributed by atoms with Gasteiger partial charge >= 0.3 is 5.97 Å². The van der Waals surface area contributed by atoms with E-state index >= 15 is 0 Å². The monoisotopic (exact) mass is 375 g/mol. The Bertz CT molecular complexity index is 924. The Kier molecular flexibility index (Phi) is 6.07. The molecule has 5 heteroatoms. The van der Waals surface area contributed by atoms with Gasteiger partial charge in [0.05, 0.1) is 0 Å². The lowest BCUT2D eigenvalue weighted by Crippen LogP contribution is -2.45. The Hall–Kier alpha value is -3.60. The Balaban J connectivity index is 1.93. The Morgan fingerprint density at radius 2 is 1.39 bits per heavy atom. The number of aliphatic carboxylic acids is 1. The maximum absolute atomic E-state index is 12.6. The topological polar surface area (TPSA) is 86.6 Å². The molecule has 0 saturated carbocycles. The van der Waals surface area contributed by atoms with Gasteiger partial charge in [0.25, 0.3) is 5.91 Å². The Morgan fingerprint density at radius 3 is 1.96 bits per heavy atom. The SMILES string of the molecule is O=C(NC(C(=O)O)C(Cc1ccccc1)c1ccc(O)cc1)c1ccccc1. The first-order chi connectivity index (χ1) is 13.5. The van der Waals surface area contributed by atoms with Gasteiger partial charge in [-0.25, -0.2) is 4.79 Å². The van der Waals surface area contributed by atoms with Crippen LogP contribution in [0.3, 0.4) is 0 Å². The average Bonchev–Trinajstić information content (AvgIpc) is 2.72. The van der Waals surface area contributed by atoms with Gasteiger partial charge in [0.15, 0.2) is 0 Å². The number of carboxylic acids is 1. The summed E-state index contributed by atoms with van der Waals surface area (Å²) in [6.07, 6.45) is 0.428. The molecule has 3 aromatic rings. The zero-order valence-corrected chi connectivity index (χ0v) is 15.2. The fourth-order valence-electron chi connectivity index (χ4n) is 3.17. The molecular formula is C23H21NO4. The van der Waals surface area contributed by atoms with Crippen LogP contribution in [0.1, 0.15) is 27.4 Å². The number of aromatic hydroxyl groups is 1.